The maximum Gasteiger partial charge on any atom is 0.141 e. The molecule has 0 aliphatic heterocycles. The molecule has 1 aliphatic carbocycles. The van der Waals surface area contributed by atoms with Crippen molar-refractivity contribution in [2.45, 2.75) is 18.3 Å². The summed E-state index contributed by atoms with van der Waals surface area (Å²) in [4.78, 5) is 3.97. The highest BCUT2D eigenvalue weighted by atomic mass is 19.1. The molecule has 1 aromatic rings. The molecule has 0 bridgehead atoms. The molecule has 1 heterocycles. The quantitative estimate of drug-likeness (QED) is 0.573. The van der Waals surface area contributed by atoms with E-state index >= 15 is 0 Å². The van der Waals surface area contributed by atoms with E-state index < -0.39 is 0 Å². The lowest BCUT2D eigenvalue weighted by Crippen LogP contribution is -2.05. The van der Waals surface area contributed by atoms with E-state index in [1.54, 1.807) is 6.07 Å². The molecule has 12 heavy (non-hydrogen) atoms. The predicted molar refractivity (Wildman–Crippen MR) is 43.9 cm³/mol. The molecule has 1 aromatic heterocycles. The SMILES string of the molecule is C#CC1(c2ccc(F)cn2)CC1. The van der Waals surface area contributed by atoms with Crippen LogP contribution in [-0.2, 0) is 5.41 Å². The number of nitrogens with zero attached hydrogens (tertiary/aromatic N) is 1. The normalized spacial score (nSPS) is 18.3. The lowest BCUT2D eigenvalue weighted by atomic mass is 10.0. The Morgan fingerprint density at radius 1 is 1.50 bits per heavy atom. The number of halogens is 1. The molecule has 0 unspecified atom stereocenters. The second-order valence-corrected chi connectivity index (χ2v) is 3.09. The molecule has 1 nitrogen and oxygen atoms in total. The van der Waals surface area contributed by atoms with Crippen molar-refractivity contribution >= 4 is 0 Å². The Bertz CT molecular complexity index is 330. The Morgan fingerprint density at radius 3 is 2.67 bits per heavy atom. The van der Waals surface area contributed by atoms with Gasteiger partial charge in [-0.3, -0.25) is 4.98 Å². The number of aromatic nitrogens is 1. The summed E-state index contributed by atoms with van der Waals surface area (Å²) in [6, 6.07) is 3.07. The van der Waals surface area contributed by atoms with Gasteiger partial charge in [-0.15, -0.1) is 6.42 Å². The van der Waals surface area contributed by atoms with Crippen LogP contribution in [0.1, 0.15) is 18.5 Å². The molecule has 1 fully saturated rings. The summed E-state index contributed by atoms with van der Waals surface area (Å²) in [6.45, 7) is 0. The average Bonchev–Trinajstić information content (AvgIpc) is 2.86. The van der Waals surface area contributed by atoms with Crippen molar-refractivity contribution in [3.63, 3.8) is 0 Å². The molecule has 0 aromatic carbocycles. The first kappa shape index (κ1) is 7.30. The highest BCUT2D eigenvalue weighted by Crippen LogP contribution is 2.46. The highest BCUT2D eigenvalue weighted by Gasteiger charge is 2.43. The summed E-state index contributed by atoms with van der Waals surface area (Å²) in [6.07, 6.45) is 8.52. The van der Waals surface area contributed by atoms with Gasteiger partial charge in [0, 0.05) is 0 Å². The molecule has 0 N–H and O–H groups in total. The number of terminal acetylenes is 1. The Morgan fingerprint density at radius 2 is 2.25 bits per heavy atom. The van der Waals surface area contributed by atoms with E-state index in [4.69, 9.17) is 6.42 Å². The van der Waals surface area contributed by atoms with Crippen LogP contribution in [0.5, 0.6) is 0 Å². The maximum atomic E-state index is 12.5. The molecule has 0 spiro atoms. The van der Waals surface area contributed by atoms with E-state index in [2.05, 4.69) is 10.9 Å². The van der Waals surface area contributed by atoms with Gasteiger partial charge in [0.25, 0.3) is 0 Å². The number of pyridine rings is 1. The molecule has 1 aliphatic rings. The first-order chi connectivity index (χ1) is 5.77. The third-order valence-electron chi connectivity index (χ3n) is 2.24. The van der Waals surface area contributed by atoms with Crippen LogP contribution in [0.4, 0.5) is 4.39 Å². The summed E-state index contributed by atoms with van der Waals surface area (Å²) >= 11 is 0. The van der Waals surface area contributed by atoms with Crippen LogP contribution >= 0.6 is 0 Å². The van der Waals surface area contributed by atoms with Crippen molar-refractivity contribution in [2.24, 2.45) is 0 Å². The molecule has 2 rings (SSSR count). The second kappa shape index (κ2) is 2.31. The third kappa shape index (κ3) is 0.984. The largest absolute Gasteiger partial charge is 0.257 e. The van der Waals surface area contributed by atoms with E-state index in [1.807, 2.05) is 0 Å². The number of rotatable bonds is 1. The molecule has 1 saturated carbocycles. The van der Waals surface area contributed by atoms with E-state index in [-0.39, 0.29) is 11.2 Å². The van der Waals surface area contributed by atoms with E-state index in [0.29, 0.717) is 0 Å². The van der Waals surface area contributed by atoms with Crippen molar-refractivity contribution in [1.29, 1.82) is 0 Å². The molecular formula is C10H8FN. The van der Waals surface area contributed by atoms with Crippen LogP contribution in [0, 0.1) is 18.2 Å². The van der Waals surface area contributed by atoms with Gasteiger partial charge in [0.15, 0.2) is 0 Å². The lowest BCUT2D eigenvalue weighted by Gasteiger charge is -2.04. The highest BCUT2D eigenvalue weighted by molar-refractivity contribution is 5.35. The zero-order valence-electron chi connectivity index (χ0n) is 6.55. The molecule has 60 valence electrons. The number of hydrogen-bond acceptors (Lipinski definition) is 1. The molecule has 0 radical (unpaired) electrons. The van der Waals surface area contributed by atoms with E-state index in [1.165, 1.54) is 12.3 Å². The first-order valence-electron chi connectivity index (χ1n) is 3.87. The third-order valence-corrected chi connectivity index (χ3v) is 2.24. The van der Waals surface area contributed by atoms with Crippen molar-refractivity contribution in [1.82, 2.24) is 4.98 Å². The Hall–Kier alpha value is -1.36. The van der Waals surface area contributed by atoms with Crippen LogP contribution in [0.15, 0.2) is 18.3 Å². The minimum atomic E-state index is -0.313. The fourth-order valence-corrected chi connectivity index (χ4v) is 1.26. The van der Waals surface area contributed by atoms with Crippen molar-refractivity contribution in [3.05, 3.63) is 29.8 Å². The minimum Gasteiger partial charge on any atom is -0.257 e. The molecule has 0 atom stereocenters. The minimum absolute atomic E-state index is 0.173. The summed E-state index contributed by atoms with van der Waals surface area (Å²) < 4.78 is 12.5. The van der Waals surface area contributed by atoms with Gasteiger partial charge in [-0.05, 0) is 25.0 Å². The number of hydrogen-bond donors (Lipinski definition) is 0. The maximum absolute atomic E-state index is 12.5. The van der Waals surface area contributed by atoms with Crippen LogP contribution in [-0.4, -0.2) is 4.98 Å². The van der Waals surface area contributed by atoms with Gasteiger partial charge in [0.05, 0.1) is 17.3 Å². The van der Waals surface area contributed by atoms with E-state index in [9.17, 15) is 4.39 Å². The summed E-state index contributed by atoms with van der Waals surface area (Å²) in [7, 11) is 0. The zero-order valence-corrected chi connectivity index (χ0v) is 6.55. The Labute approximate surface area is 70.6 Å². The predicted octanol–water partition coefficient (Wildman–Crippen LogP) is 1.89. The van der Waals surface area contributed by atoms with Gasteiger partial charge >= 0.3 is 0 Å². The van der Waals surface area contributed by atoms with E-state index in [0.717, 1.165) is 18.5 Å². The Balaban J connectivity index is 2.37. The summed E-state index contributed by atoms with van der Waals surface area (Å²) in [5.74, 6) is 2.39. The molecular weight excluding hydrogens is 153 g/mol. The van der Waals surface area contributed by atoms with Gasteiger partial charge in [-0.2, -0.15) is 0 Å². The zero-order chi connectivity index (χ0) is 8.60. The van der Waals surface area contributed by atoms with Gasteiger partial charge in [0.1, 0.15) is 5.82 Å². The topological polar surface area (TPSA) is 12.9 Å². The fourth-order valence-electron chi connectivity index (χ4n) is 1.26. The molecule has 2 heteroatoms. The standard InChI is InChI=1S/C10H8FN/c1-2-10(5-6-10)9-4-3-8(11)7-12-9/h1,3-4,7H,5-6H2. The summed E-state index contributed by atoms with van der Waals surface area (Å²) in [5, 5.41) is 0. The van der Waals surface area contributed by atoms with Gasteiger partial charge in [-0.25, -0.2) is 4.39 Å². The first-order valence-corrected chi connectivity index (χ1v) is 3.87. The van der Waals surface area contributed by atoms with Crippen LogP contribution in [0.3, 0.4) is 0 Å². The van der Waals surface area contributed by atoms with Crippen LogP contribution in [0.25, 0.3) is 0 Å². The van der Waals surface area contributed by atoms with Gasteiger partial charge < -0.3 is 0 Å². The smallest absolute Gasteiger partial charge is 0.141 e. The van der Waals surface area contributed by atoms with Crippen molar-refractivity contribution in [2.75, 3.05) is 0 Å². The van der Waals surface area contributed by atoms with Gasteiger partial charge in [-0.1, -0.05) is 5.92 Å². The van der Waals surface area contributed by atoms with Gasteiger partial charge in [0.2, 0.25) is 0 Å². The van der Waals surface area contributed by atoms with Crippen molar-refractivity contribution < 1.29 is 4.39 Å². The van der Waals surface area contributed by atoms with Crippen LogP contribution < -0.4 is 0 Å². The summed E-state index contributed by atoms with van der Waals surface area (Å²) in [5.41, 5.74) is 0.652. The average molecular weight is 161 g/mol. The molecule has 0 saturated heterocycles. The Kier molecular flexibility index (Phi) is 1.41. The monoisotopic (exact) mass is 161 g/mol. The van der Waals surface area contributed by atoms with Crippen molar-refractivity contribution in [3.8, 4) is 12.3 Å². The second-order valence-electron chi connectivity index (χ2n) is 3.09. The lowest BCUT2D eigenvalue weighted by molar-refractivity contribution is 0.617. The fraction of sp³-hybridized carbons (Fsp3) is 0.300. The van der Waals surface area contributed by atoms with Crippen LogP contribution in [0.2, 0.25) is 0 Å². The molecule has 0 amide bonds.